The molecule has 1 saturated heterocycles. The Morgan fingerprint density at radius 3 is 2.20 bits per heavy atom. The third-order valence-electron chi connectivity index (χ3n) is 1.68. The van der Waals surface area contributed by atoms with E-state index in [4.69, 9.17) is 4.74 Å². The van der Waals surface area contributed by atoms with E-state index in [9.17, 15) is 0 Å². The maximum atomic E-state index is 5.34. The first-order valence-electron chi connectivity index (χ1n) is 3.43. The first kappa shape index (κ1) is 8.71. The molecule has 0 bridgehead atoms. The van der Waals surface area contributed by atoms with E-state index >= 15 is 0 Å². The van der Waals surface area contributed by atoms with E-state index in [1.165, 1.54) is 11.0 Å². The number of hydrogen-bond acceptors (Lipinski definition) is 4. The molecule has 2 nitrogen and oxygen atoms in total. The van der Waals surface area contributed by atoms with Crippen molar-refractivity contribution in [1.29, 1.82) is 0 Å². The number of thiol groups is 1. The van der Waals surface area contributed by atoms with Crippen molar-refractivity contribution < 1.29 is 4.74 Å². The third kappa shape index (κ3) is 1.81. The summed E-state index contributed by atoms with van der Waals surface area (Å²) < 4.78 is 7.59. The molecule has 0 aromatic rings. The van der Waals surface area contributed by atoms with Gasteiger partial charge in [0.2, 0.25) is 0 Å². The molecule has 1 rings (SSSR count). The van der Waals surface area contributed by atoms with Gasteiger partial charge in [-0.15, -0.1) is 0 Å². The second-order valence-corrected chi connectivity index (χ2v) is 3.75. The molecule has 0 aromatic carbocycles. The molecule has 0 aromatic heterocycles. The fourth-order valence-electron chi connectivity index (χ4n) is 1.15. The molecule has 60 valence electrons. The van der Waals surface area contributed by atoms with E-state index in [2.05, 4.69) is 29.8 Å². The predicted octanol–water partition coefficient (Wildman–Crippen LogP) is 1.59. The second-order valence-electron chi connectivity index (χ2n) is 2.68. The van der Waals surface area contributed by atoms with Gasteiger partial charge in [-0.25, -0.2) is 4.31 Å². The lowest BCUT2D eigenvalue weighted by atomic mass is 10.2. The summed E-state index contributed by atoms with van der Waals surface area (Å²) in [5.41, 5.74) is 0. The Labute approximate surface area is 71.2 Å². The van der Waals surface area contributed by atoms with Crippen molar-refractivity contribution in [2.24, 2.45) is 0 Å². The number of morpholine rings is 1. The summed E-state index contributed by atoms with van der Waals surface area (Å²) in [6.45, 7) is 5.97. The summed E-state index contributed by atoms with van der Waals surface area (Å²) in [6.07, 6.45) is 0. The van der Waals surface area contributed by atoms with Crippen LogP contribution in [0.2, 0.25) is 0 Å². The topological polar surface area (TPSA) is 12.5 Å². The minimum atomic E-state index is 0.492. The molecule has 2 atom stereocenters. The molecule has 1 heterocycles. The molecule has 1 aliphatic heterocycles. The van der Waals surface area contributed by atoms with E-state index in [-0.39, 0.29) is 0 Å². The molecule has 1 aliphatic rings. The lowest BCUT2D eigenvalue weighted by molar-refractivity contribution is 0.0122. The third-order valence-corrected chi connectivity index (χ3v) is 3.16. The molecule has 0 amide bonds. The Morgan fingerprint density at radius 1 is 1.40 bits per heavy atom. The highest BCUT2D eigenvalue weighted by molar-refractivity contribution is 8.67. The molecule has 1 fully saturated rings. The Balaban J connectivity index is 2.45. The van der Waals surface area contributed by atoms with Crippen LogP contribution in [0, 0.1) is 0 Å². The van der Waals surface area contributed by atoms with E-state index < -0.39 is 0 Å². The summed E-state index contributed by atoms with van der Waals surface area (Å²) in [7, 11) is 1.51. The summed E-state index contributed by atoms with van der Waals surface area (Å²) in [5.74, 6) is 0. The molecular weight excluding hydrogens is 166 g/mol. The van der Waals surface area contributed by atoms with E-state index in [0.29, 0.717) is 12.1 Å². The molecule has 0 radical (unpaired) electrons. The predicted molar refractivity (Wildman–Crippen MR) is 48.2 cm³/mol. The maximum absolute atomic E-state index is 5.34. The molecule has 0 unspecified atom stereocenters. The summed E-state index contributed by atoms with van der Waals surface area (Å²) >= 11 is 4.17. The number of rotatable bonds is 1. The average molecular weight is 179 g/mol. The van der Waals surface area contributed by atoms with Crippen LogP contribution in [-0.2, 0) is 4.74 Å². The Bertz CT molecular complexity index is 102. The quantitative estimate of drug-likeness (QED) is 0.373. The fraction of sp³-hybridized carbons (Fsp3) is 1.00. The van der Waals surface area contributed by atoms with Crippen LogP contribution in [0.5, 0.6) is 0 Å². The van der Waals surface area contributed by atoms with Gasteiger partial charge in [-0.2, -0.15) is 0 Å². The number of nitrogens with zero attached hydrogens (tertiary/aromatic N) is 1. The monoisotopic (exact) mass is 179 g/mol. The minimum Gasteiger partial charge on any atom is -0.378 e. The van der Waals surface area contributed by atoms with Gasteiger partial charge in [0.1, 0.15) is 0 Å². The average Bonchev–Trinajstić information content (AvgIpc) is 1.88. The van der Waals surface area contributed by atoms with Crippen molar-refractivity contribution in [3.63, 3.8) is 0 Å². The van der Waals surface area contributed by atoms with Gasteiger partial charge >= 0.3 is 0 Å². The van der Waals surface area contributed by atoms with Crippen molar-refractivity contribution in [2.45, 2.75) is 25.9 Å². The van der Waals surface area contributed by atoms with Gasteiger partial charge in [-0.05, 0) is 24.8 Å². The molecule has 10 heavy (non-hydrogen) atoms. The molecule has 0 aliphatic carbocycles. The highest BCUT2D eigenvalue weighted by Crippen LogP contribution is 2.24. The van der Waals surface area contributed by atoms with Gasteiger partial charge in [0.05, 0.1) is 13.2 Å². The van der Waals surface area contributed by atoms with Gasteiger partial charge in [0, 0.05) is 12.1 Å². The van der Waals surface area contributed by atoms with E-state index in [1.807, 2.05) is 0 Å². The van der Waals surface area contributed by atoms with Gasteiger partial charge in [0.25, 0.3) is 0 Å². The van der Waals surface area contributed by atoms with Crippen LogP contribution in [-0.4, -0.2) is 29.6 Å². The Morgan fingerprint density at radius 2 is 1.90 bits per heavy atom. The first-order valence-corrected chi connectivity index (χ1v) is 5.26. The van der Waals surface area contributed by atoms with Gasteiger partial charge in [-0.1, -0.05) is 11.7 Å². The maximum Gasteiger partial charge on any atom is 0.0629 e. The smallest absolute Gasteiger partial charge is 0.0629 e. The second kappa shape index (κ2) is 3.85. The van der Waals surface area contributed by atoms with Crippen LogP contribution in [0.15, 0.2) is 0 Å². The summed E-state index contributed by atoms with van der Waals surface area (Å²) in [4.78, 5) is 0. The molecule has 0 spiro atoms. The van der Waals surface area contributed by atoms with Crippen molar-refractivity contribution in [3.05, 3.63) is 0 Å². The summed E-state index contributed by atoms with van der Waals surface area (Å²) in [5, 5.41) is 0. The highest BCUT2D eigenvalue weighted by atomic mass is 33.1. The molecule has 0 N–H and O–H groups in total. The Kier molecular flexibility index (Phi) is 3.36. The molecular formula is C6H13NOS2. The van der Waals surface area contributed by atoms with Crippen LogP contribution >= 0.6 is 22.6 Å². The van der Waals surface area contributed by atoms with Gasteiger partial charge < -0.3 is 4.74 Å². The normalized spacial score (nSPS) is 36.3. The van der Waals surface area contributed by atoms with E-state index in [0.717, 1.165) is 13.2 Å². The molecule has 0 saturated carbocycles. The van der Waals surface area contributed by atoms with Crippen molar-refractivity contribution in [3.8, 4) is 0 Å². The lowest BCUT2D eigenvalue weighted by Gasteiger charge is -2.35. The SMILES string of the molecule is C[C@H]1COC[C@H](C)N1SS. The lowest BCUT2D eigenvalue weighted by Crippen LogP contribution is -2.44. The van der Waals surface area contributed by atoms with Crippen LogP contribution in [0.1, 0.15) is 13.8 Å². The van der Waals surface area contributed by atoms with Crippen LogP contribution in [0.25, 0.3) is 0 Å². The van der Waals surface area contributed by atoms with Crippen molar-refractivity contribution in [1.82, 2.24) is 4.31 Å². The zero-order chi connectivity index (χ0) is 7.56. The highest BCUT2D eigenvalue weighted by Gasteiger charge is 2.24. The molecule has 4 heteroatoms. The minimum absolute atomic E-state index is 0.492. The largest absolute Gasteiger partial charge is 0.378 e. The van der Waals surface area contributed by atoms with Crippen LogP contribution in [0.4, 0.5) is 0 Å². The van der Waals surface area contributed by atoms with Gasteiger partial charge in [-0.3, -0.25) is 0 Å². The first-order chi connectivity index (χ1) is 4.75. The Hall–Kier alpha value is 0.620. The van der Waals surface area contributed by atoms with Crippen molar-refractivity contribution >= 4 is 22.6 Å². The van der Waals surface area contributed by atoms with E-state index in [1.54, 1.807) is 0 Å². The number of ether oxygens (including phenoxy) is 1. The standard InChI is InChI=1S/C6H13NOS2/c1-5-3-8-4-6(2)7(5)10-9/h5-6,9H,3-4H2,1-2H3/t5-,6-/m0/s1. The van der Waals surface area contributed by atoms with Crippen LogP contribution in [0.3, 0.4) is 0 Å². The summed E-state index contributed by atoms with van der Waals surface area (Å²) in [6, 6.07) is 0.984. The zero-order valence-electron chi connectivity index (χ0n) is 6.28. The van der Waals surface area contributed by atoms with Crippen LogP contribution < -0.4 is 0 Å². The zero-order valence-corrected chi connectivity index (χ0v) is 7.99. The fourth-order valence-corrected chi connectivity index (χ4v) is 2.56. The van der Waals surface area contributed by atoms with Crippen molar-refractivity contribution in [2.75, 3.05) is 13.2 Å². The van der Waals surface area contributed by atoms with Gasteiger partial charge in [0.15, 0.2) is 0 Å². The number of hydrogen-bond donors (Lipinski definition) is 1.